The van der Waals surface area contributed by atoms with Crippen LogP contribution in [0.5, 0.6) is 0 Å². The molecule has 2 aromatic rings. The third-order valence-corrected chi connectivity index (χ3v) is 3.92. The van der Waals surface area contributed by atoms with Gasteiger partial charge in [0.25, 0.3) is 5.91 Å². The summed E-state index contributed by atoms with van der Waals surface area (Å²) in [5.41, 5.74) is -0.266. The van der Waals surface area contributed by atoms with Crippen molar-refractivity contribution in [2.45, 2.75) is 25.1 Å². The largest absolute Gasteiger partial charge is 0.435 e. The van der Waals surface area contributed by atoms with E-state index < -0.39 is 18.0 Å². The van der Waals surface area contributed by atoms with Crippen LogP contribution < -0.4 is 0 Å². The third kappa shape index (κ3) is 3.43. The zero-order valence-electron chi connectivity index (χ0n) is 12.7. The molecule has 1 amide bonds. The molecule has 1 N–H and O–H groups in total. The Bertz CT molecular complexity index is 742. The highest BCUT2D eigenvalue weighted by atomic mass is 19.4. The molecule has 0 aliphatic carbocycles. The monoisotopic (exact) mass is 339 g/mol. The van der Waals surface area contributed by atoms with E-state index in [2.05, 4.69) is 5.10 Å². The van der Waals surface area contributed by atoms with Gasteiger partial charge in [0.1, 0.15) is 0 Å². The number of rotatable bonds is 2. The topological polar surface area (TPSA) is 58.4 Å². The molecule has 1 unspecified atom stereocenters. The predicted molar refractivity (Wildman–Crippen MR) is 79.7 cm³/mol. The minimum atomic E-state index is -4.51. The molecule has 24 heavy (non-hydrogen) atoms. The van der Waals surface area contributed by atoms with E-state index in [9.17, 15) is 23.1 Å². The van der Waals surface area contributed by atoms with Crippen molar-refractivity contribution in [3.05, 3.63) is 47.8 Å². The summed E-state index contributed by atoms with van der Waals surface area (Å²) in [5.74, 6) is -0.251. The molecule has 1 aromatic heterocycles. The first-order valence-electron chi connectivity index (χ1n) is 7.55. The summed E-state index contributed by atoms with van der Waals surface area (Å²) in [6.45, 7) is 0.823. The Labute approximate surface area is 136 Å². The van der Waals surface area contributed by atoms with Gasteiger partial charge >= 0.3 is 6.18 Å². The van der Waals surface area contributed by atoms with Crippen LogP contribution in [-0.2, 0) is 6.18 Å². The molecule has 0 radical (unpaired) electrons. The summed E-state index contributed by atoms with van der Waals surface area (Å²) in [5, 5.41) is 13.2. The van der Waals surface area contributed by atoms with E-state index in [-0.39, 0.29) is 12.5 Å². The highest BCUT2D eigenvalue weighted by Crippen LogP contribution is 2.28. The van der Waals surface area contributed by atoms with Gasteiger partial charge in [-0.25, -0.2) is 4.68 Å². The Morgan fingerprint density at radius 3 is 2.75 bits per heavy atom. The lowest BCUT2D eigenvalue weighted by atomic mass is 10.1. The summed E-state index contributed by atoms with van der Waals surface area (Å²) < 4.78 is 39.0. The van der Waals surface area contributed by atoms with Crippen LogP contribution in [0.4, 0.5) is 13.2 Å². The number of benzene rings is 1. The number of aromatic nitrogens is 2. The highest BCUT2D eigenvalue weighted by molar-refractivity contribution is 5.94. The number of piperidine rings is 1. The van der Waals surface area contributed by atoms with Gasteiger partial charge in [-0.05, 0) is 37.1 Å². The summed E-state index contributed by atoms with van der Waals surface area (Å²) in [6.07, 6.45) is -2.45. The lowest BCUT2D eigenvalue weighted by Gasteiger charge is -2.30. The molecule has 1 aliphatic rings. The van der Waals surface area contributed by atoms with Gasteiger partial charge in [-0.1, -0.05) is 6.07 Å². The number of hydrogen-bond acceptors (Lipinski definition) is 3. The molecular weight excluding hydrogens is 323 g/mol. The number of aliphatic hydroxyl groups is 1. The number of carbonyl (C=O) groups is 1. The van der Waals surface area contributed by atoms with Crippen LogP contribution in [0.15, 0.2) is 36.5 Å². The summed E-state index contributed by atoms with van der Waals surface area (Å²) in [6, 6.07) is 7.15. The van der Waals surface area contributed by atoms with Gasteiger partial charge in [0.05, 0.1) is 11.8 Å². The molecule has 8 heteroatoms. The number of amides is 1. The van der Waals surface area contributed by atoms with E-state index in [1.807, 2.05) is 0 Å². The fourth-order valence-corrected chi connectivity index (χ4v) is 2.72. The number of alkyl halides is 3. The van der Waals surface area contributed by atoms with E-state index in [4.69, 9.17) is 0 Å². The molecule has 1 aliphatic heterocycles. The maximum Gasteiger partial charge on any atom is 0.435 e. The number of β-amino-alcohol motifs (C(OH)–C–C–N with tert-alkyl or cyclic N) is 1. The Hall–Kier alpha value is -2.35. The first kappa shape index (κ1) is 16.5. The van der Waals surface area contributed by atoms with Crippen molar-refractivity contribution >= 4 is 5.91 Å². The van der Waals surface area contributed by atoms with E-state index in [0.717, 1.165) is 17.2 Å². The molecule has 0 spiro atoms. The summed E-state index contributed by atoms with van der Waals surface area (Å²) in [7, 11) is 0. The molecule has 2 heterocycles. The average molecular weight is 339 g/mol. The number of nitrogens with zero attached hydrogens (tertiary/aromatic N) is 3. The molecule has 1 atom stereocenters. The van der Waals surface area contributed by atoms with Gasteiger partial charge in [0.15, 0.2) is 5.69 Å². The number of likely N-dealkylation sites (tertiary alicyclic amines) is 1. The fourth-order valence-electron chi connectivity index (χ4n) is 2.72. The summed E-state index contributed by atoms with van der Waals surface area (Å²) in [4.78, 5) is 14.1. The Morgan fingerprint density at radius 1 is 1.29 bits per heavy atom. The van der Waals surface area contributed by atoms with E-state index >= 15 is 0 Å². The SMILES string of the molecule is O=C(c1cccc(-n2ccc(C(F)(F)F)n2)c1)N1CCCC(O)C1. The maximum absolute atomic E-state index is 12.6. The van der Waals surface area contributed by atoms with Gasteiger partial charge in [-0.15, -0.1) is 0 Å². The van der Waals surface area contributed by atoms with E-state index in [1.165, 1.54) is 12.3 Å². The fraction of sp³-hybridized carbons (Fsp3) is 0.375. The van der Waals surface area contributed by atoms with E-state index in [0.29, 0.717) is 24.2 Å². The quantitative estimate of drug-likeness (QED) is 0.915. The Kier molecular flexibility index (Phi) is 4.31. The minimum absolute atomic E-state index is 0.251. The van der Waals surface area contributed by atoms with Crippen molar-refractivity contribution in [3.63, 3.8) is 0 Å². The first-order chi connectivity index (χ1) is 11.3. The summed E-state index contributed by atoms with van der Waals surface area (Å²) >= 11 is 0. The van der Waals surface area contributed by atoms with Crippen LogP contribution in [0.25, 0.3) is 5.69 Å². The molecule has 1 aromatic carbocycles. The Balaban J connectivity index is 1.84. The van der Waals surface area contributed by atoms with Crippen LogP contribution in [0.1, 0.15) is 28.9 Å². The van der Waals surface area contributed by atoms with Gasteiger partial charge in [0.2, 0.25) is 0 Å². The second kappa shape index (κ2) is 6.27. The second-order valence-electron chi connectivity index (χ2n) is 5.74. The van der Waals surface area contributed by atoms with Crippen LogP contribution >= 0.6 is 0 Å². The average Bonchev–Trinajstić information content (AvgIpc) is 3.04. The van der Waals surface area contributed by atoms with Gasteiger partial charge < -0.3 is 10.0 Å². The smallest absolute Gasteiger partial charge is 0.391 e. The molecule has 1 saturated heterocycles. The van der Waals surface area contributed by atoms with Crippen molar-refractivity contribution in [2.24, 2.45) is 0 Å². The zero-order chi connectivity index (χ0) is 17.3. The Morgan fingerprint density at radius 2 is 2.08 bits per heavy atom. The highest BCUT2D eigenvalue weighted by Gasteiger charge is 2.33. The molecule has 5 nitrogen and oxygen atoms in total. The zero-order valence-corrected chi connectivity index (χ0v) is 12.7. The van der Waals surface area contributed by atoms with Crippen molar-refractivity contribution in [3.8, 4) is 5.69 Å². The van der Waals surface area contributed by atoms with Crippen LogP contribution in [-0.4, -0.2) is 44.9 Å². The lowest BCUT2D eigenvalue weighted by Crippen LogP contribution is -2.42. The maximum atomic E-state index is 12.6. The van der Waals surface area contributed by atoms with Gasteiger partial charge in [-0.2, -0.15) is 18.3 Å². The third-order valence-electron chi connectivity index (χ3n) is 3.92. The van der Waals surface area contributed by atoms with Crippen molar-refractivity contribution in [2.75, 3.05) is 13.1 Å². The van der Waals surface area contributed by atoms with Crippen LogP contribution in [0, 0.1) is 0 Å². The molecule has 0 bridgehead atoms. The lowest BCUT2D eigenvalue weighted by molar-refractivity contribution is -0.141. The number of hydrogen-bond donors (Lipinski definition) is 1. The number of carbonyl (C=O) groups excluding carboxylic acids is 1. The van der Waals surface area contributed by atoms with Crippen LogP contribution in [0.2, 0.25) is 0 Å². The molecule has 0 saturated carbocycles. The standard InChI is InChI=1S/C16H16F3N3O2/c17-16(18,19)14-6-8-22(20-14)12-4-1-3-11(9-12)15(24)21-7-2-5-13(23)10-21/h1,3-4,6,8-9,13,23H,2,5,7,10H2. The van der Waals surface area contributed by atoms with Gasteiger partial charge in [0, 0.05) is 24.8 Å². The first-order valence-corrected chi connectivity index (χ1v) is 7.55. The molecule has 128 valence electrons. The van der Waals surface area contributed by atoms with E-state index in [1.54, 1.807) is 23.1 Å². The van der Waals surface area contributed by atoms with Crippen molar-refractivity contribution in [1.29, 1.82) is 0 Å². The molecule has 1 fully saturated rings. The molecular formula is C16H16F3N3O2. The molecule has 3 rings (SSSR count). The van der Waals surface area contributed by atoms with Crippen molar-refractivity contribution < 1.29 is 23.1 Å². The number of halogens is 3. The van der Waals surface area contributed by atoms with Crippen molar-refractivity contribution in [1.82, 2.24) is 14.7 Å². The minimum Gasteiger partial charge on any atom is -0.391 e. The number of aliphatic hydroxyl groups excluding tert-OH is 1. The second-order valence-corrected chi connectivity index (χ2v) is 5.74. The predicted octanol–water partition coefficient (Wildman–Crippen LogP) is 2.49. The van der Waals surface area contributed by atoms with Gasteiger partial charge in [-0.3, -0.25) is 4.79 Å². The normalized spacial score (nSPS) is 18.7. The van der Waals surface area contributed by atoms with Crippen LogP contribution in [0.3, 0.4) is 0 Å².